The van der Waals surface area contributed by atoms with Gasteiger partial charge in [0.1, 0.15) is 12.4 Å². The Kier molecular flexibility index (Phi) is 5.95. The molecule has 1 heterocycles. The first-order chi connectivity index (χ1) is 9.24. The van der Waals surface area contributed by atoms with Gasteiger partial charge in [0.25, 0.3) is 0 Å². The molecule has 0 radical (unpaired) electrons. The highest BCUT2D eigenvalue weighted by Crippen LogP contribution is 2.19. The molecule has 1 N–H and O–H groups in total. The fourth-order valence-electron chi connectivity index (χ4n) is 2.29. The van der Waals surface area contributed by atoms with Gasteiger partial charge in [0, 0.05) is 11.6 Å². The van der Waals surface area contributed by atoms with Gasteiger partial charge in [-0.05, 0) is 50.3 Å². The number of hydrogen-bond acceptors (Lipinski definition) is 3. The molecule has 2 unspecified atom stereocenters. The molecular formula is C15H21ClO3. The number of aliphatic hydroxyl groups excluding tert-OH is 1. The van der Waals surface area contributed by atoms with E-state index in [0.29, 0.717) is 23.5 Å². The van der Waals surface area contributed by atoms with Crippen molar-refractivity contribution < 1.29 is 14.6 Å². The summed E-state index contributed by atoms with van der Waals surface area (Å²) in [5.74, 6) is 0.700. The molecule has 2 atom stereocenters. The number of rotatable bonds is 7. The van der Waals surface area contributed by atoms with Crippen molar-refractivity contribution in [3.63, 3.8) is 0 Å². The summed E-state index contributed by atoms with van der Waals surface area (Å²) >= 11 is 5.86. The average Bonchev–Trinajstić information content (AvgIpc) is 2.90. The van der Waals surface area contributed by atoms with E-state index >= 15 is 0 Å². The lowest BCUT2D eigenvalue weighted by Gasteiger charge is -2.14. The van der Waals surface area contributed by atoms with Gasteiger partial charge in [-0.1, -0.05) is 17.7 Å². The minimum absolute atomic E-state index is 0.311. The van der Waals surface area contributed by atoms with Gasteiger partial charge in [0.05, 0.1) is 12.2 Å². The largest absolute Gasteiger partial charge is 0.491 e. The molecular weight excluding hydrogens is 264 g/mol. The van der Waals surface area contributed by atoms with Crippen LogP contribution in [-0.4, -0.2) is 30.5 Å². The summed E-state index contributed by atoms with van der Waals surface area (Å²) in [6.07, 6.45) is 5.07. The third kappa shape index (κ3) is 5.39. The van der Waals surface area contributed by atoms with Crippen molar-refractivity contribution in [2.45, 2.75) is 44.3 Å². The first-order valence-corrected chi connectivity index (χ1v) is 7.30. The summed E-state index contributed by atoms with van der Waals surface area (Å²) in [5, 5.41) is 10.5. The average molecular weight is 285 g/mol. The quantitative estimate of drug-likeness (QED) is 0.834. The van der Waals surface area contributed by atoms with Crippen LogP contribution in [-0.2, 0) is 4.74 Å². The van der Waals surface area contributed by atoms with Crippen LogP contribution in [0.2, 0.25) is 5.02 Å². The topological polar surface area (TPSA) is 38.7 Å². The predicted molar refractivity (Wildman–Crippen MR) is 75.8 cm³/mol. The molecule has 0 amide bonds. The van der Waals surface area contributed by atoms with Gasteiger partial charge in [-0.2, -0.15) is 0 Å². The van der Waals surface area contributed by atoms with E-state index < -0.39 is 6.10 Å². The minimum atomic E-state index is -0.430. The predicted octanol–water partition coefficient (Wildman–Crippen LogP) is 3.43. The number of benzene rings is 1. The summed E-state index contributed by atoms with van der Waals surface area (Å²) in [6, 6.07) is 7.22. The smallest absolute Gasteiger partial charge is 0.120 e. The van der Waals surface area contributed by atoms with Crippen molar-refractivity contribution >= 4 is 11.6 Å². The van der Waals surface area contributed by atoms with Crippen LogP contribution in [0.25, 0.3) is 0 Å². The molecule has 4 heteroatoms. The van der Waals surface area contributed by atoms with E-state index in [1.165, 1.54) is 6.42 Å². The molecule has 0 bridgehead atoms. The van der Waals surface area contributed by atoms with Gasteiger partial charge >= 0.3 is 0 Å². The molecule has 19 heavy (non-hydrogen) atoms. The van der Waals surface area contributed by atoms with E-state index in [2.05, 4.69) is 0 Å². The molecule has 1 saturated heterocycles. The number of ether oxygens (including phenoxy) is 2. The molecule has 1 aliphatic rings. The Morgan fingerprint density at radius 3 is 3.11 bits per heavy atom. The SMILES string of the molecule is OC(CCCC1CCCO1)COc1cccc(Cl)c1. The van der Waals surface area contributed by atoms with Crippen molar-refractivity contribution in [2.75, 3.05) is 13.2 Å². The van der Waals surface area contributed by atoms with Crippen molar-refractivity contribution in [3.05, 3.63) is 29.3 Å². The second-order valence-corrected chi connectivity index (χ2v) is 5.42. The molecule has 1 aromatic rings. The van der Waals surface area contributed by atoms with Crippen molar-refractivity contribution in [1.29, 1.82) is 0 Å². The summed E-state index contributed by atoms with van der Waals surface area (Å²) < 4.78 is 11.1. The van der Waals surface area contributed by atoms with Gasteiger partial charge in [0.2, 0.25) is 0 Å². The molecule has 1 aromatic carbocycles. The number of aliphatic hydroxyl groups is 1. The highest BCUT2D eigenvalue weighted by Gasteiger charge is 2.15. The van der Waals surface area contributed by atoms with Crippen LogP contribution in [0.15, 0.2) is 24.3 Å². The fraction of sp³-hybridized carbons (Fsp3) is 0.600. The first-order valence-electron chi connectivity index (χ1n) is 6.92. The van der Waals surface area contributed by atoms with Gasteiger partial charge in [-0.25, -0.2) is 0 Å². The molecule has 106 valence electrons. The lowest BCUT2D eigenvalue weighted by atomic mass is 10.1. The van der Waals surface area contributed by atoms with E-state index in [9.17, 15) is 5.11 Å². The van der Waals surface area contributed by atoms with Crippen LogP contribution >= 0.6 is 11.6 Å². The Balaban J connectivity index is 1.60. The van der Waals surface area contributed by atoms with Gasteiger partial charge in [-0.3, -0.25) is 0 Å². The molecule has 0 spiro atoms. The van der Waals surface area contributed by atoms with Crippen LogP contribution in [0.5, 0.6) is 5.75 Å². The van der Waals surface area contributed by atoms with Crippen molar-refractivity contribution in [3.8, 4) is 5.75 Å². The second kappa shape index (κ2) is 7.73. The van der Waals surface area contributed by atoms with Crippen LogP contribution in [0.1, 0.15) is 32.1 Å². The van der Waals surface area contributed by atoms with Crippen molar-refractivity contribution in [1.82, 2.24) is 0 Å². The minimum Gasteiger partial charge on any atom is -0.491 e. The highest BCUT2D eigenvalue weighted by atomic mass is 35.5. The van der Waals surface area contributed by atoms with Gasteiger partial charge < -0.3 is 14.6 Å². The normalized spacial score (nSPS) is 20.4. The van der Waals surface area contributed by atoms with Crippen LogP contribution in [0, 0.1) is 0 Å². The molecule has 1 aliphatic heterocycles. The standard InChI is InChI=1S/C15H21ClO3/c16-12-4-1-7-15(10-12)19-11-13(17)5-2-6-14-8-3-9-18-14/h1,4,7,10,13-14,17H,2-3,5-6,8-9,11H2. The zero-order valence-electron chi connectivity index (χ0n) is 11.1. The van der Waals surface area contributed by atoms with E-state index in [4.69, 9.17) is 21.1 Å². The summed E-state index contributed by atoms with van der Waals surface area (Å²) in [7, 11) is 0. The van der Waals surface area contributed by atoms with E-state index in [1.807, 2.05) is 12.1 Å². The number of hydrogen-bond donors (Lipinski definition) is 1. The molecule has 0 aromatic heterocycles. The Morgan fingerprint density at radius 2 is 2.37 bits per heavy atom. The zero-order chi connectivity index (χ0) is 13.5. The second-order valence-electron chi connectivity index (χ2n) is 4.99. The van der Waals surface area contributed by atoms with E-state index in [0.717, 1.165) is 32.3 Å². The molecule has 3 nitrogen and oxygen atoms in total. The van der Waals surface area contributed by atoms with Crippen LogP contribution in [0.4, 0.5) is 0 Å². The highest BCUT2D eigenvalue weighted by molar-refractivity contribution is 6.30. The van der Waals surface area contributed by atoms with Gasteiger partial charge in [-0.15, -0.1) is 0 Å². The first kappa shape index (κ1) is 14.6. The monoisotopic (exact) mass is 284 g/mol. The summed E-state index contributed by atoms with van der Waals surface area (Å²) in [4.78, 5) is 0. The number of halogens is 1. The fourth-order valence-corrected chi connectivity index (χ4v) is 2.47. The van der Waals surface area contributed by atoms with Crippen molar-refractivity contribution in [2.24, 2.45) is 0 Å². The third-order valence-electron chi connectivity index (χ3n) is 3.33. The zero-order valence-corrected chi connectivity index (χ0v) is 11.8. The lowest BCUT2D eigenvalue weighted by molar-refractivity contribution is 0.0791. The Morgan fingerprint density at radius 1 is 1.47 bits per heavy atom. The van der Waals surface area contributed by atoms with Crippen LogP contribution < -0.4 is 4.74 Å². The maximum absolute atomic E-state index is 9.85. The Labute approximate surface area is 119 Å². The maximum Gasteiger partial charge on any atom is 0.120 e. The molecule has 2 rings (SSSR count). The van der Waals surface area contributed by atoms with E-state index in [1.54, 1.807) is 12.1 Å². The third-order valence-corrected chi connectivity index (χ3v) is 3.56. The molecule has 0 saturated carbocycles. The lowest BCUT2D eigenvalue weighted by Crippen LogP contribution is -2.18. The summed E-state index contributed by atoms with van der Waals surface area (Å²) in [6.45, 7) is 1.21. The van der Waals surface area contributed by atoms with E-state index in [-0.39, 0.29) is 0 Å². The maximum atomic E-state index is 9.85. The molecule has 0 aliphatic carbocycles. The Hall–Kier alpha value is -0.770. The van der Waals surface area contributed by atoms with Gasteiger partial charge in [0.15, 0.2) is 0 Å². The summed E-state index contributed by atoms with van der Waals surface area (Å²) in [5.41, 5.74) is 0. The Bertz CT molecular complexity index is 377. The molecule has 1 fully saturated rings. The van der Waals surface area contributed by atoms with Crippen LogP contribution in [0.3, 0.4) is 0 Å².